The first kappa shape index (κ1) is 26.4. The van der Waals surface area contributed by atoms with Crippen LogP contribution in [0.15, 0.2) is 116 Å². The predicted octanol–water partition coefficient (Wildman–Crippen LogP) is 10.3. The van der Waals surface area contributed by atoms with Gasteiger partial charge in [0, 0.05) is 40.0 Å². The lowest BCUT2D eigenvalue weighted by atomic mass is 9.95. The molecule has 2 heterocycles. The molecular formula is C40H31N3. The van der Waals surface area contributed by atoms with Crippen molar-refractivity contribution < 1.29 is 0 Å². The molecule has 43 heavy (non-hydrogen) atoms. The number of benzene rings is 5. The zero-order valence-electron chi connectivity index (χ0n) is 24.8. The first-order valence-corrected chi connectivity index (χ1v) is 14.6. The van der Waals surface area contributed by atoms with E-state index >= 15 is 0 Å². The van der Waals surface area contributed by atoms with Crippen LogP contribution >= 0.6 is 0 Å². The number of fused-ring (bicyclic) bond motifs is 3. The van der Waals surface area contributed by atoms with Crippen molar-refractivity contribution in [1.29, 1.82) is 5.26 Å². The topological polar surface area (TPSA) is 41.6 Å². The van der Waals surface area contributed by atoms with E-state index in [2.05, 4.69) is 128 Å². The molecule has 0 N–H and O–H groups in total. The summed E-state index contributed by atoms with van der Waals surface area (Å²) >= 11 is 0. The maximum atomic E-state index is 10.3. The summed E-state index contributed by atoms with van der Waals surface area (Å²) in [5.41, 5.74) is 15.5. The lowest BCUT2D eigenvalue weighted by Crippen LogP contribution is -1.99. The Hall–Kier alpha value is -5.46. The zero-order valence-corrected chi connectivity index (χ0v) is 24.8. The molecule has 0 bridgehead atoms. The van der Waals surface area contributed by atoms with E-state index in [0.717, 1.165) is 27.8 Å². The Labute approximate surface area is 252 Å². The Morgan fingerprint density at radius 3 is 1.60 bits per heavy atom. The molecule has 7 aromatic rings. The van der Waals surface area contributed by atoms with Crippen LogP contribution in [0, 0.1) is 39.0 Å². The van der Waals surface area contributed by atoms with Crippen LogP contribution in [-0.2, 0) is 0 Å². The van der Waals surface area contributed by atoms with Gasteiger partial charge in [-0.25, -0.2) is 0 Å². The van der Waals surface area contributed by atoms with Crippen molar-refractivity contribution in [2.24, 2.45) is 0 Å². The molecule has 3 nitrogen and oxygen atoms in total. The Morgan fingerprint density at radius 1 is 0.558 bits per heavy atom. The maximum Gasteiger partial charge on any atom is 0.0998 e. The molecule has 5 aromatic carbocycles. The van der Waals surface area contributed by atoms with E-state index in [9.17, 15) is 5.26 Å². The number of hydrogen-bond donors (Lipinski definition) is 0. The average molecular weight is 554 g/mol. The molecule has 2 aromatic heterocycles. The standard InChI is InChI=1S/C40H31N3/c1-25-11-14-32(27(3)21-25)35-7-5-9-37-38-10-6-8-36(33-15-12-26(2)22-28(33)4)40(38)43(39(35)37)31-13-16-34(30(23-31)24-41)29-17-19-42-20-18-29/h5-23H,1-4H3. The Morgan fingerprint density at radius 2 is 1.09 bits per heavy atom. The quantitative estimate of drug-likeness (QED) is 0.218. The van der Waals surface area contributed by atoms with Gasteiger partial charge in [0.25, 0.3) is 0 Å². The highest BCUT2D eigenvalue weighted by Crippen LogP contribution is 2.43. The molecule has 0 fully saturated rings. The summed E-state index contributed by atoms with van der Waals surface area (Å²) in [6.45, 7) is 8.65. The van der Waals surface area contributed by atoms with Gasteiger partial charge in [-0.05, 0) is 85.3 Å². The van der Waals surface area contributed by atoms with Crippen molar-refractivity contribution in [2.75, 3.05) is 0 Å². The molecule has 0 aliphatic carbocycles. The minimum atomic E-state index is 0.631. The molecule has 0 aliphatic heterocycles. The smallest absolute Gasteiger partial charge is 0.0998 e. The summed E-state index contributed by atoms with van der Waals surface area (Å²) in [5.74, 6) is 0. The van der Waals surface area contributed by atoms with Gasteiger partial charge in [0.05, 0.1) is 22.7 Å². The number of para-hydroxylation sites is 2. The SMILES string of the molecule is Cc1ccc(-c2cccc3c4cccc(-c5ccc(C)cc5C)c4n(-c4ccc(-c5ccncc5)c(C#N)c4)c23)c(C)c1. The summed E-state index contributed by atoms with van der Waals surface area (Å²) in [6.07, 6.45) is 3.54. The van der Waals surface area contributed by atoms with Gasteiger partial charge in [-0.2, -0.15) is 5.26 Å². The van der Waals surface area contributed by atoms with Crippen molar-refractivity contribution in [3.8, 4) is 45.1 Å². The van der Waals surface area contributed by atoms with Gasteiger partial charge < -0.3 is 4.57 Å². The Bertz CT molecular complexity index is 2120. The third kappa shape index (κ3) is 4.40. The third-order valence-corrected chi connectivity index (χ3v) is 8.53. The van der Waals surface area contributed by atoms with Crippen LogP contribution in [0.3, 0.4) is 0 Å². The van der Waals surface area contributed by atoms with Crippen LogP contribution in [0.4, 0.5) is 0 Å². The second-order valence-electron chi connectivity index (χ2n) is 11.5. The summed E-state index contributed by atoms with van der Waals surface area (Å²) in [4.78, 5) is 4.17. The lowest BCUT2D eigenvalue weighted by molar-refractivity contribution is 1.18. The molecule has 0 atom stereocenters. The molecule has 206 valence electrons. The zero-order chi connectivity index (χ0) is 29.7. The van der Waals surface area contributed by atoms with Crippen molar-refractivity contribution in [2.45, 2.75) is 27.7 Å². The first-order valence-electron chi connectivity index (χ1n) is 14.6. The minimum Gasteiger partial charge on any atom is -0.308 e. The molecular weight excluding hydrogens is 522 g/mol. The number of aryl methyl sites for hydroxylation is 4. The fourth-order valence-corrected chi connectivity index (χ4v) is 6.59. The first-order chi connectivity index (χ1) is 20.9. The second-order valence-corrected chi connectivity index (χ2v) is 11.5. The molecule has 0 amide bonds. The molecule has 0 spiro atoms. The molecule has 3 heteroatoms. The highest BCUT2D eigenvalue weighted by atomic mass is 15.0. The van der Waals surface area contributed by atoms with E-state index < -0.39 is 0 Å². The van der Waals surface area contributed by atoms with Crippen LogP contribution in [0.2, 0.25) is 0 Å². The van der Waals surface area contributed by atoms with Crippen molar-refractivity contribution >= 4 is 21.8 Å². The number of hydrogen-bond acceptors (Lipinski definition) is 2. The summed E-state index contributed by atoms with van der Waals surface area (Å²) < 4.78 is 2.38. The van der Waals surface area contributed by atoms with Crippen molar-refractivity contribution in [3.05, 3.63) is 143 Å². The largest absolute Gasteiger partial charge is 0.308 e. The second kappa shape index (κ2) is 10.4. The molecule has 0 unspecified atom stereocenters. The number of pyridine rings is 1. The van der Waals surface area contributed by atoms with Gasteiger partial charge in [-0.3, -0.25) is 4.98 Å². The maximum absolute atomic E-state index is 10.3. The van der Waals surface area contributed by atoms with Gasteiger partial charge in [0.15, 0.2) is 0 Å². The molecule has 0 aliphatic rings. The molecule has 7 rings (SSSR count). The van der Waals surface area contributed by atoms with Gasteiger partial charge >= 0.3 is 0 Å². The highest BCUT2D eigenvalue weighted by Gasteiger charge is 2.21. The summed E-state index contributed by atoms with van der Waals surface area (Å²) in [6, 6.07) is 39.2. The molecule has 0 saturated carbocycles. The average Bonchev–Trinajstić information content (AvgIpc) is 3.36. The van der Waals surface area contributed by atoms with Crippen LogP contribution < -0.4 is 0 Å². The van der Waals surface area contributed by atoms with Crippen LogP contribution in [0.25, 0.3) is 60.9 Å². The Kier molecular flexibility index (Phi) is 6.41. The number of nitrogens with zero attached hydrogens (tertiary/aromatic N) is 3. The fourth-order valence-electron chi connectivity index (χ4n) is 6.59. The monoisotopic (exact) mass is 553 g/mol. The molecule has 0 radical (unpaired) electrons. The van der Waals surface area contributed by atoms with Crippen LogP contribution in [0.5, 0.6) is 0 Å². The Balaban J connectivity index is 1.63. The number of nitriles is 1. The van der Waals surface area contributed by atoms with Crippen LogP contribution in [0.1, 0.15) is 27.8 Å². The van der Waals surface area contributed by atoms with E-state index in [-0.39, 0.29) is 0 Å². The predicted molar refractivity (Wildman–Crippen MR) is 179 cm³/mol. The van der Waals surface area contributed by atoms with Crippen molar-refractivity contribution in [3.63, 3.8) is 0 Å². The van der Waals surface area contributed by atoms with Crippen LogP contribution in [-0.4, -0.2) is 9.55 Å². The van der Waals surface area contributed by atoms with Crippen molar-refractivity contribution in [1.82, 2.24) is 9.55 Å². The highest BCUT2D eigenvalue weighted by molar-refractivity contribution is 6.17. The summed E-state index contributed by atoms with van der Waals surface area (Å²) in [5, 5.41) is 12.7. The lowest BCUT2D eigenvalue weighted by Gasteiger charge is -2.17. The molecule has 0 saturated heterocycles. The van der Waals surface area contributed by atoms with E-state index in [1.54, 1.807) is 12.4 Å². The van der Waals surface area contributed by atoms with Gasteiger partial charge in [-0.1, -0.05) is 90.0 Å². The number of aromatic nitrogens is 2. The van der Waals surface area contributed by atoms with E-state index in [4.69, 9.17) is 0 Å². The van der Waals surface area contributed by atoms with E-state index in [0.29, 0.717) is 5.56 Å². The summed E-state index contributed by atoms with van der Waals surface area (Å²) in [7, 11) is 0. The minimum absolute atomic E-state index is 0.631. The van der Waals surface area contributed by atoms with E-state index in [1.165, 1.54) is 55.3 Å². The van der Waals surface area contributed by atoms with Gasteiger partial charge in [0.2, 0.25) is 0 Å². The fraction of sp³-hybridized carbons (Fsp3) is 0.100. The normalized spacial score (nSPS) is 11.2. The van der Waals surface area contributed by atoms with Gasteiger partial charge in [0.1, 0.15) is 0 Å². The van der Waals surface area contributed by atoms with Gasteiger partial charge in [-0.15, -0.1) is 0 Å². The van der Waals surface area contributed by atoms with E-state index in [1.807, 2.05) is 18.2 Å². The number of rotatable bonds is 4. The third-order valence-electron chi connectivity index (χ3n) is 8.53.